The first kappa shape index (κ1) is 22.0. The van der Waals surface area contributed by atoms with Crippen molar-refractivity contribution in [2.45, 2.75) is 31.8 Å². The average Bonchev–Trinajstić information content (AvgIpc) is 3.54. The second-order valence-corrected chi connectivity index (χ2v) is 9.03. The molecule has 172 valence electrons. The largest absolute Gasteiger partial charge is 0.378 e. The van der Waals surface area contributed by atoms with E-state index in [1.807, 2.05) is 30.0 Å². The number of fused-ring (bicyclic) bond motifs is 1. The Bertz CT molecular complexity index is 1230. The van der Waals surface area contributed by atoms with Gasteiger partial charge in [-0.2, -0.15) is 5.10 Å². The number of anilines is 1. The monoisotopic (exact) mass is 487 g/mol. The van der Waals surface area contributed by atoms with Crippen LogP contribution >= 0.6 is 23.2 Å². The molecule has 1 aromatic carbocycles. The Kier molecular flexibility index (Phi) is 5.90. The minimum atomic E-state index is -0.499. The minimum Gasteiger partial charge on any atom is -0.378 e. The van der Waals surface area contributed by atoms with Gasteiger partial charge in [-0.15, -0.1) is 0 Å². The van der Waals surface area contributed by atoms with Crippen molar-refractivity contribution >= 4 is 34.9 Å². The molecule has 4 heterocycles. The van der Waals surface area contributed by atoms with E-state index in [4.69, 9.17) is 32.5 Å². The Morgan fingerprint density at radius 3 is 2.85 bits per heavy atom. The first-order valence-corrected chi connectivity index (χ1v) is 11.4. The van der Waals surface area contributed by atoms with E-state index in [1.165, 1.54) is 0 Å². The van der Waals surface area contributed by atoms with Gasteiger partial charge in [0.2, 0.25) is 0 Å². The number of carbonyl (C=O) groups is 1. The third-order valence-electron chi connectivity index (χ3n) is 6.06. The van der Waals surface area contributed by atoms with Crippen molar-refractivity contribution in [2.24, 2.45) is 0 Å². The maximum atomic E-state index is 14.2. The molecule has 10 heteroatoms. The fraction of sp³-hybridized carbons (Fsp3) is 0.348. The van der Waals surface area contributed by atoms with E-state index in [-0.39, 0.29) is 18.6 Å². The highest BCUT2D eigenvalue weighted by Crippen LogP contribution is 2.41. The van der Waals surface area contributed by atoms with Crippen LogP contribution in [0.5, 0.6) is 0 Å². The molecule has 0 bridgehead atoms. The molecular formula is C23H23Cl2N5O3. The molecule has 3 aromatic rings. The quantitative estimate of drug-likeness (QED) is 0.557. The summed E-state index contributed by atoms with van der Waals surface area (Å²) < 4.78 is 12.8. The van der Waals surface area contributed by atoms with Gasteiger partial charge in [-0.1, -0.05) is 34.4 Å². The number of halogens is 2. The third-order valence-corrected chi connectivity index (χ3v) is 6.80. The van der Waals surface area contributed by atoms with Crippen molar-refractivity contribution in [3.05, 3.63) is 74.9 Å². The Hall–Kier alpha value is -2.81. The summed E-state index contributed by atoms with van der Waals surface area (Å²) in [6.45, 7) is 2.73. The maximum Gasteiger partial charge on any atom is 0.254 e. The molecule has 0 aliphatic carbocycles. The fourth-order valence-corrected chi connectivity index (χ4v) is 4.93. The Balaban J connectivity index is 1.62. The summed E-state index contributed by atoms with van der Waals surface area (Å²) in [5.41, 5.74) is 2.83. The smallest absolute Gasteiger partial charge is 0.254 e. The van der Waals surface area contributed by atoms with Crippen molar-refractivity contribution in [1.29, 1.82) is 0 Å². The van der Waals surface area contributed by atoms with Gasteiger partial charge >= 0.3 is 0 Å². The van der Waals surface area contributed by atoms with Crippen LogP contribution in [0.25, 0.3) is 0 Å². The molecule has 0 unspecified atom stereocenters. The van der Waals surface area contributed by atoms with Crippen LogP contribution in [-0.4, -0.2) is 46.0 Å². The van der Waals surface area contributed by atoms with E-state index >= 15 is 0 Å². The highest BCUT2D eigenvalue weighted by Gasteiger charge is 2.40. The zero-order valence-corrected chi connectivity index (χ0v) is 19.7. The molecule has 2 atom stereocenters. The number of methoxy groups -OCH3 is 1. The molecule has 0 radical (unpaired) electrons. The first-order chi connectivity index (χ1) is 16.0. The molecule has 2 aliphatic heterocycles. The normalized spacial score (nSPS) is 20.2. The van der Waals surface area contributed by atoms with E-state index < -0.39 is 6.04 Å². The van der Waals surface area contributed by atoms with Crippen LogP contribution in [0.1, 0.15) is 41.9 Å². The minimum absolute atomic E-state index is 0.108. The maximum absolute atomic E-state index is 14.2. The highest BCUT2D eigenvalue weighted by atomic mass is 35.5. The van der Waals surface area contributed by atoms with Crippen LogP contribution in [0.4, 0.5) is 5.82 Å². The summed E-state index contributed by atoms with van der Waals surface area (Å²) in [5, 5.41) is 12.7. The van der Waals surface area contributed by atoms with E-state index in [2.05, 4.69) is 15.6 Å². The predicted molar refractivity (Wildman–Crippen MR) is 124 cm³/mol. The molecule has 1 amide bonds. The number of nitrogens with zero attached hydrogens (tertiary/aromatic N) is 4. The summed E-state index contributed by atoms with van der Waals surface area (Å²) in [4.78, 5) is 16.0. The molecular weight excluding hydrogens is 465 g/mol. The lowest BCUT2D eigenvalue weighted by Crippen LogP contribution is -2.39. The second kappa shape index (κ2) is 8.85. The summed E-state index contributed by atoms with van der Waals surface area (Å²) in [5.74, 6) is 1.35. The van der Waals surface area contributed by atoms with E-state index in [9.17, 15) is 4.79 Å². The molecule has 8 nitrogen and oxygen atoms in total. The zero-order chi connectivity index (χ0) is 23.1. The highest BCUT2D eigenvalue weighted by molar-refractivity contribution is 6.42. The average molecular weight is 488 g/mol. The number of aryl methyl sites for hydroxylation is 1. The van der Waals surface area contributed by atoms with E-state index in [0.29, 0.717) is 33.6 Å². The number of nitrogens with one attached hydrogen (secondary N) is 1. The molecule has 2 aromatic heterocycles. The van der Waals surface area contributed by atoms with Crippen LogP contribution in [-0.2, 0) is 9.53 Å². The van der Waals surface area contributed by atoms with Crippen molar-refractivity contribution in [2.75, 3.05) is 25.6 Å². The summed E-state index contributed by atoms with van der Waals surface area (Å²) in [6, 6.07) is 8.46. The van der Waals surface area contributed by atoms with Crippen LogP contribution in [0.2, 0.25) is 10.0 Å². The number of rotatable bonds is 5. The van der Waals surface area contributed by atoms with Crippen LogP contribution in [0.15, 0.2) is 52.3 Å². The van der Waals surface area contributed by atoms with E-state index in [1.54, 1.807) is 30.1 Å². The van der Waals surface area contributed by atoms with Crippen molar-refractivity contribution in [1.82, 2.24) is 19.8 Å². The number of amides is 1. The molecule has 1 fully saturated rings. The predicted octanol–water partition coefficient (Wildman–Crippen LogP) is 4.77. The standard InChI is InChI=1S/C23H23Cl2N5O3/c1-13-10-19(33-28-13)18-4-3-9-29(18)23(31)21-17(12-32-2)27-20-7-8-26-30(20)22(21)14-5-6-15(24)16(25)11-14/h5-8,10-11,18,22,27H,3-4,9,12H2,1-2H3/t18-,22+/m0/s1. The van der Waals surface area contributed by atoms with Gasteiger partial charge < -0.3 is 19.5 Å². The zero-order valence-electron chi connectivity index (χ0n) is 18.2. The summed E-state index contributed by atoms with van der Waals surface area (Å²) in [7, 11) is 1.60. The Morgan fingerprint density at radius 1 is 1.27 bits per heavy atom. The van der Waals surface area contributed by atoms with Gasteiger partial charge in [0.15, 0.2) is 5.76 Å². The number of aromatic nitrogens is 3. The van der Waals surface area contributed by atoms with Gasteiger partial charge in [0.05, 0.1) is 45.9 Å². The molecule has 1 saturated heterocycles. The first-order valence-electron chi connectivity index (χ1n) is 10.7. The second-order valence-electron chi connectivity index (χ2n) is 8.21. The molecule has 33 heavy (non-hydrogen) atoms. The third kappa shape index (κ3) is 3.92. The van der Waals surface area contributed by atoms with E-state index in [0.717, 1.165) is 29.9 Å². The number of hydrogen-bond acceptors (Lipinski definition) is 6. The molecule has 0 saturated carbocycles. The summed E-state index contributed by atoms with van der Waals surface area (Å²) in [6.07, 6.45) is 3.38. The number of hydrogen-bond donors (Lipinski definition) is 1. The van der Waals surface area contributed by atoms with Gasteiger partial charge in [-0.3, -0.25) is 4.79 Å². The number of ether oxygens (including phenoxy) is 1. The van der Waals surface area contributed by atoms with Crippen LogP contribution in [0.3, 0.4) is 0 Å². The summed E-state index contributed by atoms with van der Waals surface area (Å²) >= 11 is 12.5. The van der Waals surface area contributed by atoms with Gasteiger partial charge in [0, 0.05) is 25.8 Å². The van der Waals surface area contributed by atoms with Crippen LogP contribution < -0.4 is 5.32 Å². The van der Waals surface area contributed by atoms with Gasteiger partial charge in [0.25, 0.3) is 5.91 Å². The van der Waals surface area contributed by atoms with Gasteiger partial charge in [0.1, 0.15) is 11.9 Å². The lowest BCUT2D eigenvalue weighted by atomic mass is 9.93. The lowest BCUT2D eigenvalue weighted by Gasteiger charge is -2.34. The molecule has 5 rings (SSSR count). The van der Waals surface area contributed by atoms with Crippen LogP contribution in [0, 0.1) is 6.92 Å². The molecule has 0 spiro atoms. The van der Waals surface area contributed by atoms with Crippen molar-refractivity contribution in [3.8, 4) is 0 Å². The van der Waals surface area contributed by atoms with Gasteiger partial charge in [-0.25, -0.2) is 4.68 Å². The Labute approximate surface area is 201 Å². The topological polar surface area (TPSA) is 85.4 Å². The SMILES string of the molecule is COCC1=C(C(=O)N2CCC[C@H]2c2cc(C)no2)[C@@H](c2ccc(Cl)c(Cl)c2)n2nccc2N1. The number of benzene rings is 1. The molecule has 2 aliphatic rings. The number of likely N-dealkylation sites (tertiary alicyclic amines) is 1. The van der Waals surface area contributed by atoms with Crippen molar-refractivity contribution in [3.63, 3.8) is 0 Å². The Morgan fingerprint density at radius 2 is 2.12 bits per heavy atom. The molecule has 1 N–H and O–H groups in total. The van der Waals surface area contributed by atoms with Gasteiger partial charge in [-0.05, 0) is 37.5 Å². The lowest BCUT2D eigenvalue weighted by molar-refractivity contribution is -0.129. The fourth-order valence-electron chi connectivity index (χ4n) is 4.62. The number of carbonyl (C=O) groups excluding carboxylic acids is 1. The van der Waals surface area contributed by atoms with Crippen molar-refractivity contribution < 1.29 is 14.1 Å².